The van der Waals surface area contributed by atoms with Crippen molar-refractivity contribution >= 4 is 50.7 Å². The number of hydrogen-bond donors (Lipinski definition) is 2. The molecule has 180 valence electrons. The molecule has 3 heteroatoms. The number of aromatic nitrogens is 1. The summed E-state index contributed by atoms with van der Waals surface area (Å²) in [6.07, 6.45) is 2.20. The fourth-order valence-electron chi connectivity index (χ4n) is 5.46. The van der Waals surface area contributed by atoms with E-state index in [0.29, 0.717) is 5.71 Å². The molecule has 1 aliphatic heterocycles. The highest BCUT2D eigenvalue weighted by Crippen LogP contribution is 2.38. The standard InChI is InChI=1S/C35H25N3/c36-33(25-15-5-2-6-16-25)35(38-31-21-11-9-19-28(31)29-20-10-12-22-32(29)38)34-27-18-8-7-17-26(27)23-30(37-34)24-13-3-1-4-14-24/h1-23,36-37H/b35-34+,36-33?. The lowest BCUT2D eigenvalue weighted by Gasteiger charge is -2.27. The molecule has 0 atom stereocenters. The summed E-state index contributed by atoms with van der Waals surface area (Å²) in [7, 11) is 0. The average molecular weight is 488 g/mol. The van der Waals surface area contributed by atoms with E-state index in [1.165, 1.54) is 10.8 Å². The molecule has 0 spiro atoms. The van der Waals surface area contributed by atoms with Crippen molar-refractivity contribution in [2.75, 3.05) is 0 Å². The predicted octanol–water partition coefficient (Wildman–Crippen LogP) is 8.29. The molecule has 1 aliphatic rings. The van der Waals surface area contributed by atoms with E-state index in [1.807, 2.05) is 36.4 Å². The van der Waals surface area contributed by atoms with E-state index in [4.69, 9.17) is 0 Å². The lowest BCUT2D eigenvalue weighted by Crippen LogP contribution is -2.22. The Morgan fingerprint density at radius 1 is 0.579 bits per heavy atom. The van der Waals surface area contributed by atoms with Crippen LogP contribution in [0, 0.1) is 5.41 Å². The number of nitrogens with one attached hydrogen (secondary N) is 2. The molecule has 0 amide bonds. The molecule has 2 heterocycles. The highest BCUT2D eigenvalue weighted by atomic mass is 15.0. The van der Waals surface area contributed by atoms with Gasteiger partial charge in [0, 0.05) is 27.6 Å². The van der Waals surface area contributed by atoms with Gasteiger partial charge in [0.1, 0.15) is 0 Å². The third-order valence-electron chi connectivity index (χ3n) is 7.21. The van der Waals surface area contributed by atoms with Crippen molar-refractivity contribution in [3.63, 3.8) is 0 Å². The van der Waals surface area contributed by atoms with Gasteiger partial charge in [-0.3, -0.25) is 5.41 Å². The second-order valence-electron chi connectivity index (χ2n) is 9.47. The van der Waals surface area contributed by atoms with Gasteiger partial charge >= 0.3 is 0 Å². The summed E-state index contributed by atoms with van der Waals surface area (Å²) >= 11 is 0. The molecule has 2 N–H and O–H groups in total. The van der Waals surface area contributed by atoms with Gasteiger partial charge < -0.3 is 9.88 Å². The number of para-hydroxylation sites is 2. The number of hydrogen-bond acceptors (Lipinski definition) is 2. The summed E-state index contributed by atoms with van der Waals surface area (Å²) in [5, 5.41) is 15.7. The monoisotopic (exact) mass is 487 g/mol. The van der Waals surface area contributed by atoms with E-state index >= 15 is 0 Å². The lowest BCUT2D eigenvalue weighted by atomic mass is 9.93. The minimum Gasteiger partial charge on any atom is -0.353 e. The number of allylic oxidation sites excluding steroid dienone is 1. The molecule has 3 nitrogen and oxygen atoms in total. The molecule has 1 aromatic heterocycles. The first-order valence-electron chi connectivity index (χ1n) is 12.8. The van der Waals surface area contributed by atoms with Crippen LogP contribution in [-0.2, 0) is 0 Å². The average Bonchev–Trinajstić information content (AvgIpc) is 3.32. The Labute approximate surface area is 221 Å². The van der Waals surface area contributed by atoms with E-state index in [2.05, 4.69) is 113 Å². The zero-order chi connectivity index (χ0) is 25.5. The van der Waals surface area contributed by atoms with Crippen LogP contribution in [0.15, 0.2) is 133 Å². The Kier molecular flexibility index (Phi) is 5.26. The molecule has 0 unspecified atom stereocenters. The van der Waals surface area contributed by atoms with Gasteiger partial charge in [-0.25, -0.2) is 0 Å². The SMILES string of the molecule is N=C(/C(=C1\NC(c2ccccc2)=Cc2ccccc21)n1c2ccccc2c2ccccc21)c1ccccc1. The predicted molar refractivity (Wildman–Crippen MR) is 160 cm³/mol. The van der Waals surface area contributed by atoms with Gasteiger partial charge in [0.25, 0.3) is 0 Å². The molecule has 0 aliphatic carbocycles. The molecule has 0 saturated carbocycles. The van der Waals surface area contributed by atoms with Crippen LogP contribution in [-0.4, -0.2) is 10.3 Å². The van der Waals surface area contributed by atoms with Crippen molar-refractivity contribution in [2.24, 2.45) is 0 Å². The van der Waals surface area contributed by atoms with Crippen LogP contribution in [0.3, 0.4) is 0 Å². The van der Waals surface area contributed by atoms with Gasteiger partial charge in [-0.15, -0.1) is 0 Å². The smallest absolute Gasteiger partial charge is 0.0962 e. The molecule has 0 radical (unpaired) electrons. The quantitative estimate of drug-likeness (QED) is 0.241. The van der Waals surface area contributed by atoms with Crippen molar-refractivity contribution in [2.45, 2.75) is 0 Å². The van der Waals surface area contributed by atoms with E-state index in [-0.39, 0.29) is 0 Å². The van der Waals surface area contributed by atoms with Crippen molar-refractivity contribution in [1.82, 2.24) is 9.88 Å². The number of fused-ring (bicyclic) bond motifs is 4. The first-order valence-corrected chi connectivity index (χ1v) is 12.8. The van der Waals surface area contributed by atoms with Gasteiger partial charge in [0.05, 0.1) is 28.1 Å². The number of nitrogens with zero attached hydrogens (tertiary/aromatic N) is 1. The second kappa shape index (κ2) is 9.06. The van der Waals surface area contributed by atoms with Crippen molar-refractivity contribution in [3.05, 3.63) is 156 Å². The van der Waals surface area contributed by atoms with E-state index in [9.17, 15) is 5.41 Å². The maximum Gasteiger partial charge on any atom is 0.0962 e. The van der Waals surface area contributed by atoms with Gasteiger partial charge in [0.2, 0.25) is 0 Å². The van der Waals surface area contributed by atoms with E-state index in [0.717, 1.165) is 50.4 Å². The maximum atomic E-state index is 9.62. The van der Waals surface area contributed by atoms with E-state index < -0.39 is 0 Å². The summed E-state index contributed by atoms with van der Waals surface area (Å²) in [5.41, 5.74) is 9.54. The lowest BCUT2D eigenvalue weighted by molar-refractivity contribution is 1.17. The highest BCUT2D eigenvalue weighted by molar-refractivity contribution is 6.34. The zero-order valence-corrected chi connectivity index (χ0v) is 20.7. The zero-order valence-electron chi connectivity index (χ0n) is 20.7. The minimum absolute atomic E-state index is 0.462. The van der Waals surface area contributed by atoms with Gasteiger partial charge in [-0.1, -0.05) is 121 Å². The summed E-state index contributed by atoms with van der Waals surface area (Å²) in [6.45, 7) is 0. The normalized spacial score (nSPS) is 14.1. The van der Waals surface area contributed by atoms with Crippen LogP contribution in [0.1, 0.15) is 22.3 Å². The third kappa shape index (κ3) is 3.56. The molecule has 7 rings (SSSR count). The first-order chi connectivity index (χ1) is 18.8. The molecular formula is C35H25N3. The van der Waals surface area contributed by atoms with Gasteiger partial charge in [-0.05, 0) is 29.3 Å². The molecule has 0 saturated heterocycles. The van der Waals surface area contributed by atoms with Crippen LogP contribution in [0.5, 0.6) is 0 Å². The maximum absolute atomic E-state index is 9.62. The Bertz CT molecular complexity index is 1840. The molecule has 6 aromatic rings. The number of rotatable bonds is 4. The Morgan fingerprint density at radius 2 is 1.13 bits per heavy atom. The van der Waals surface area contributed by atoms with Crippen LogP contribution in [0.2, 0.25) is 0 Å². The molecule has 0 fully saturated rings. The summed E-state index contributed by atoms with van der Waals surface area (Å²) in [6, 6.07) is 45.8. The van der Waals surface area contributed by atoms with Crippen LogP contribution in [0.25, 0.3) is 45.0 Å². The third-order valence-corrected chi connectivity index (χ3v) is 7.21. The van der Waals surface area contributed by atoms with Gasteiger partial charge in [-0.2, -0.15) is 0 Å². The second-order valence-corrected chi connectivity index (χ2v) is 9.47. The fourth-order valence-corrected chi connectivity index (χ4v) is 5.46. The molecule has 5 aromatic carbocycles. The molecule has 38 heavy (non-hydrogen) atoms. The van der Waals surface area contributed by atoms with Gasteiger partial charge in [0.15, 0.2) is 0 Å². The summed E-state index contributed by atoms with van der Waals surface area (Å²) in [4.78, 5) is 0. The largest absolute Gasteiger partial charge is 0.353 e. The minimum atomic E-state index is 0.462. The van der Waals surface area contributed by atoms with Crippen molar-refractivity contribution in [3.8, 4) is 0 Å². The topological polar surface area (TPSA) is 40.8 Å². The Morgan fingerprint density at radius 3 is 1.82 bits per heavy atom. The molecular weight excluding hydrogens is 462 g/mol. The van der Waals surface area contributed by atoms with Crippen LogP contribution in [0.4, 0.5) is 0 Å². The fraction of sp³-hybridized carbons (Fsp3) is 0. The number of benzene rings is 5. The van der Waals surface area contributed by atoms with Crippen molar-refractivity contribution < 1.29 is 0 Å². The van der Waals surface area contributed by atoms with Crippen molar-refractivity contribution in [1.29, 1.82) is 5.41 Å². The molecule has 0 bridgehead atoms. The van der Waals surface area contributed by atoms with E-state index in [1.54, 1.807) is 0 Å². The highest BCUT2D eigenvalue weighted by Gasteiger charge is 2.26. The Balaban J connectivity index is 1.60. The van der Waals surface area contributed by atoms with Crippen LogP contribution >= 0.6 is 0 Å². The summed E-state index contributed by atoms with van der Waals surface area (Å²) in [5.74, 6) is 0. The van der Waals surface area contributed by atoms with Crippen LogP contribution < -0.4 is 5.32 Å². The first kappa shape index (κ1) is 22.1. The Hall–Kier alpha value is -5.15. The summed E-state index contributed by atoms with van der Waals surface area (Å²) < 4.78 is 2.26.